The largest absolute Gasteiger partial charge is 0.493 e. The normalized spacial score (nSPS) is 11.7. The first kappa shape index (κ1) is 21.6. The number of likely N-dealkylation sites (N-methyl/N-ethyl adjacent to an activating group) is 1. The van der Waals surface area contributed by atoms with E-state index in [1.807, 2.05) is 52.9 Å². The molecule has 2 N–H and O–H groups in total. The molecule has 0 atom stereocenters. The Hall–Kier alpha value is -2.44. The Balaban J connectivity index is 2.69. The van der Waals surface area contributed by atoms with Crippen molar-refractivity contribution in [2.24, 2.45) is 4.99 Å². The number of carbonyl (C=O) groups is 1. The van der Waals surface area contributed by atoms with Crippen LogP contribution in [0.2, 0.25) is 0 Å². The number of aliphatic imine (C=N–C) groups is 1. The Labute approximate surface area is 156 Å². The van der Waals surface area contributed by atoms with Gasteiger partial charge in [-0.3, -0.25) is 9.79 Å². The zero-order chi connectivity index (χ0) is 19.7. The van der Waals surface area contributed by atoms with Gasteiger partial charge in [-0.1, -0.05) is 6.07 Å². The molecule has 0 unspecified atom stereocenters. The molecule has 0 saturated carbocycles. The maximum Gasteiger partial charge on any atom is 0.240 e. The number of rotatable bonds is 7. The minimum atomic E-state index is -0.256. The molecule has 1 aromatic rings. The molecule has 1 amide bonds. The highest BCUT2D eigenvalue weighted by Gasteiger charge is 2.16. The van der Waals surface area contributed by atoms with Crippen molar-refractivity contribution in [1.29, 1.82) is 0 Å². The number of ether oxygens (including phenoxy) is 2. The number of nitrogens with zero attached hydrogens (tertiary/aromatic N) is 2. The van der Waals surface area contributed by atoms with Crippen LogP contribution in [-0.2, 0) is 11.3 Å². The van der Waals surface area contributed by atoms with Gasteiger partial charge >= 0.3 is 0 Å². The molecule has 0 radical (unpaired) electrons. The zero-order valence-corrected chi connectivity index (χ0v) is 17.0. The standard InChI is InChI=1S/C19H32N4O3/c1-8-26-16-11-14(9-10-15(16)25-7)12-21-18(20-5)23(6)13-17(24)22-19(2,3)4/h9-11H,8,12-13H2,1-7H3,(H,20,21)(H,22,24). The van der Waals surface area contributed by atoms with Crippen LogP contribution in [0.1, 0.15) is 33.3 Å². The maximum absolute atomic E-state index is 12.1. The van der Waals surface area contributed by atoms with E-state index in [1.165, 1.54) is 0 Å². The summed E-state index contributed by atoms with van der Waals surface area (Å²) in [7, 11) is 5.15. The zero-order valence-electron chi connectivity index (χ0n) is 17.0. The molecule has 0 saturated heterocycles. The van der Waals surface area contributed by atoms with Crippen molar-refractivity contribution >= 4 is 11.9 Å². The number of nitrogens with one attached hydrogen (secondary N) is 2. The van der Waals surface area contributed by atoms with Gasteiger partial charge in [0.05, 0.1) is 20.3 Å². The lowest BCUT2D eigenvalue weighted by Crippen LogP contribution is -2.48. The summed E-state index contributed by atoms with van der Waals surface area (Å²) in [6.07, 6.45) is 0. The lowest BCUT2D eigenvalue weighted by Gasteiger charge is -2.25. The van der Waals surface area contributed by atoms with Crippen LogP contribution in [-0.4, -0.2) is 56.7 Å². The first-order chi connectivity index (χ1) is 12.2. The van der Waals surface area contributed by atoms with E-state index in [2.05, 4.69) is 15.6 Å². The SMILES string of the molecule is CCOc1cc(CNC(=NC)N(C)CC(=O)NC(C)(C)C)ccc1OC. The Bertz CT molecular complexity index is 624. The van der Waals surface area contributed by atoms with Crippen LogP contribution in [0.25, 0.3) is 0 Å². The van der Waals surface area contributed by atoms with Crippen molar-refractivity contribution in [2.45, 2.75) is 39.8 Å². The molecule has 0 bridgehead atoms. The number of guanidine groups is 1. The molecular weight excluding hydrogens is 332 g/mol. The van der Waals surface area contributed by atoms with Crippen LogP contribution in [0.4, 0.5) is 0 Å². The molecule has 1 aromatic carbocycles. The van der Waals surface area contributed by atoms with Gasteiger partial charge in [-0.25, -0.2) is 0 Å². The summed E-state index contributed by atoms with van der Waals surface area (Å²) >= 11 is 0. The molecule has 7 heteroatoms. The molecule has 0 aromatic heterocycles. The number of methoxy groups -OCH3 is 1. The molecule has 146 valence electrons. The average molecular weight is 364 g/mol. The van der Waals surface area contributed by atoms with Crippen LogP contribution < -0.4 is 20.1 Å². The van der Waals surface area contributed by atoms with Gasteiger partial charge in [0.25, 0.3) is 0 Å². The van der Waals surface area contributed by atoms with E-state index in [-0.39, 0.29) is 18.0 Å². The number of carbonyl (C=O) groups excluding carboxylic acids is 1. The van der Waals surface area contributed by atoms with Gasteiger partial charge in [-0.2, -0.15) is 0 Å². The predicted molar refractivity (Wildman–Crippen MR) is 105 cm³/mol. The molecule has 7 nitrogen and oxygen atoms in total. The summed E-state index contributed by atoms with van der Waals surface area (Å²) in [6.45, 7) is 9.16. The lowest BCUT2D eigenvalue weighted by atomic mass is 10.1. The van der Waals surface area contributed by atoms with Crippen LogP contribution in [0, 0.1) is 0 Å². The highest BCUT2D eigenvalue weighted by Crippen LogP contribution is 2.27. The summed E-state index contributed by atoms with van der Waals surface area (Å²) < 4.78 is 10.9. The predicted octanol–water partition coefficient (Wildman–Crippen LogP) is 2.02. The molecule has 1 rings (SSSR count). The van der Waals surface area contributed by atoms with Crippen LogP contribution >= 0.6 is 0 Å². The molecular formula is C19H32N4O3. The fourth-order valence-corrected chi connectivity index (χ4v) is 2.41. The van der Waals surface area contributed by atoms with Crippen molar-refractivity contribution < 1.29 is 14.3 Å². The van der Waals surface area contributed by atoms with E-state index in [1.54, 1.807) is 19.1 Å². The van der Waals surface area contributed by atoms with Gasteiger partial charge in [0.15, 0.2) is 17.5 Å². The van der Waals surface area contributed by atoms with Gasteiger partial charge in [0.2, 0.25) is 5.91 Å². The first-order valence-corrected chi connectivity index (χ1v) is 8.72. The van der Waals surface area contributed by atoms with Crippen molar-refractivity contribution in [3.63, 3.8) is 0 Å². The highest BCUT2D eigenvalue weighted by atomic mass is 16.5. The Morgan fingerprint density at radius 3 is 2.50 bits per heavy atom. The topological polar surface area (TPSA) is 75.2 Å². The van der Waals surface area contributed by atoms with Crippen LogP contribution in [0.5, 0.6) is 11.5 Å². The third kappa shape index (κ3) is 7.21. The number of benzene rings is 1. The fourth-order valence-electron chi connectivity index (χ4n) is 2.41. The van der Waals surface area contributed by atoms with Crippen molar-refractivity contribution in [1.82, 2.24) is 15.5 Å². The van der Waals surface area contributed by atoms with E-state index in [4.69, 9.17) is 9.47 Å². The highest BCUT2D eigenvalue weighted by molar-refractivity contribution is 5.86. The summed E-state index contributed by atoms with van der Waals surface area (Å²) in [5, 5.41) is 6.20. The van der Waals surface area contributed by atoms with Gasteiger partial charge in [0.1, 0.15) is 0 Å². The molecule has 0 heterocycles. The van der Waals surface area contributed by atoms with Gasteiger partial charge in [-0.05, 0) is 45.4 Å². The third-order valence-electron chi connectivity index (χ3n) is 3.45. The smallest absolute Gasteiger partial charge is 0.240 e. The summed E-state index contributed by atoms with van der Waals surface area (Å²) in [5.74, 6) is 2.01. The molecule has 0 fully saturated rings. The van der Waals surface area contributed by atoms with Crippen molar-refractivity contribution in [3.05, 3.63) is 23.8 Å². The minimum Gasteiger partial charge on any atom is -0.493 e. The molecule has 0 spiro atoms. The van der Waals surface area contributed by atoms with Gasteiger partial charge < -0.3 is 25.0 Å². The number of hydrogen-bond acceptors (Lipinski definition) is 4. The second-order valence-corrected chi connectivity index (χ2v) is 6.97. The third-order valence-corrected chi connectivity index (χ3v) is 3.45. The molecule has 0 aliphatic rings. The average Bonchev–Trinajstić information content (AvgIpc) is 2.54. The van der Waals surface area contributed by atoms with E-state index in [0.29, 0.717) is 30.6 Å². The summed E-state index contributed by atoms with van der Waals surface area (Å²) in [6, 6.07) is 5.79. The minimum absolute atomic E-state index is 0.0500. The molecule has 0 aliphatic carbocycles. The van der Waals surface area contributed by atoms with Gasteiger partial charge in [-0.15, -0.1) is 0 Å². The fraction of sp³-hybridized carbons (Fsp3) is 0.579. The number of amides is 1. The second-order valence-electron chi connectivity index (χ2n) is 6.97. The Kier molecular flexibility index (Phi) is 8.22. The van der Waals surface area contributed by atoms with E-state index in [0.717, 1.165) is 5.56 Å². The molecule has 0 aliphatic heterocycles. The Morgan fingerprint density at radius 2 is 1.96 bits per heavy atom. The quantitative estimate of drug-likeness (QED) is 0.572. The monoisotopic (exact) mass is 364 g/mol. The maximum atomic E-state index is 12.1. The van der Waals surface area contributed by atoms with Crippen molar-refractivity contribution in [3.8, 4) is 11.5 Å². The Morgan fingerprint density at radius 1 is 1.27 bits per heavy atom. The van der Waals surface area contributed by atoms with Gasteiger partial charge in [0, 0.05) is 26.2 Å². The lowest BCUT2D eigenvalue weighted by molar-refractivity contribution is -0.122. The van der Waals surface area contributed by atoms with Crippen LogP contribution in [0.3, 0.4) is 0 Å². The number of hydrogen-bond donors (Lipinski definition) is 2. The van der Waals surface area contributed by atoms with Crippen LogP contribution in [0.15, 0.2) is 23.2 Å². The summed E-state index contributed by atoms with van der Waals surface area (Å²) in [4.78, 5) is 18.1. The van der Waals surface area contributed by atoms with E-state index in [9.17, 15) is 4.79 Å². The van der Waals surface area contributed by atoms with E-state index >= 15 is 0 Å². The van der Waals surface area contributed by atoms with E-state index < -0.39 is 0 Å². The molecule has 26 heavy (non-hydrogen) atoms. The second kappa shape index (κ2) is 9.89. The van der Waals surface area contributed by atoms with Crippen molar-refractivity contribution in [2.75, 3.05) is 34.4 Å². The first-order valence-electron chi connectivity index (χ1n) is 8.72. The summed E-state index contributed by atoms with van der Waals surface area (Å²) in [5.41, 5.74) is 0.774.